The van der Waals surface area contributed by atoms with E-state index < -0.39 is 0 Å². The van der Waals surface area contributed by atoms with Gasteiger partial charge in [-0.2, -0.15) is 0 Å². The molecular weight excluding hydrogens is 250 g/mol. The lowest BCUT2D eigenvalue weighted by Gasteiger charge is -2.28. The monoisotopic (exact) mass is 273 g/mol. The minimum Gasteiger partial charge on any atom is -0.384 e. The van der Waals surface area contributed by atoms with E-state index in [0.717, 1.165) is 17.5 Å². The number of hydrogen-bond acceptors (Lipinski definition) is 2. The summed E-state index contributed by atoms with van der Waals surface area (Å²) in [6.07, 6.45) is 0.825. The number of rotatable bonds is 4. The molecule has 0 fully saturated rings. The van der Waals surface area contributed by atoms with Crippen molar-refractivity contribution in [2.75, 3.05) is 13.7 Å². The Hall–Kier alpha value is -1.79. The Bertz CT molecular complexity index is 506. The molecule has 1 N–H and O–H groups in total. The van der Waals surface area contributed by atoms with E-state index in [1.807, 2.05) is 52.1 Å². The van der Waals surface area contributed by atoms with Crippen LogP contribution in [0.5, 0.6) is 0 Å². The van der Waals surface area contributed by atoms with E-state index in [2.05, 4.69) is 11.8 Å². The maximum absolute atomic E-state index is 12.3. The summed E-state index contributed by atoms with van der Waals surface area (Å²) in [6, 6.07) is 7.73. The van der Waals surface area contributed by atoms with E-state index in [9.17, 15) is 4.79 Å². The van der Waals surface area contributed by atoms with Gasteiger partial charge in [0.25, 0.3) is 0 Å². The Morgan fingerprint density at radius 2 is 1.90 bits per heavy atom. The standard InChI is InChI=1S/C17H23NO2/c1-5-17(2,3)16(20)18(4)13-15-10-8-14(9-11-15)7-6-12-19/h8-11,19H,5,12-13H2,1-4H3. The first kappa shape index (κ1) is 16.3. The summed E-state index contributed by atoms with van der Waals surface area (Å²) < 4.78 is 0. The highest BCUT2D eigenvalue weighted by atomic mass is 16.2. The summed E-state index contributed by atoms with van der Waals surface area (Å²) in [4.78, 5) is 14.0. The first-order chi connectivity index (χ1) is 9.40. The van der Waals surface area contributed by atoms with Crippen molar-refractivity contribution in [3.63, 3.8) is 0 Å². The maximum Gasteiger partial charge on any atom is 0.228 e. The Morgan fingerprint density at radius 1 is 1.30 bits per heavy atom. The van der Waals surface area contributed by atoms with E-state index in [1.54, 1.807) is 4.90 Å². The van der Waals surface area contributed by atoms with Crippen molar-refractivity contribution in [3.8, 4) is 11.8 Å². The molecule has 0 aliphatic carbocycles. The van der Waals surface area contributed by atoms with Crippen LogP contribution in [0, 0.1) is 17.3 Å². The van der Waals surface area contributed by atoms with Crippen molar-refractivity contribution < 1.29 is 9.90 Å². The Kier molecular flexibility index (Phi) is 5.79. The van der Waals surface area contributed by atoms with Crippen LogP contribution >= 0.6 is 0 Å². The van der Waals surface area contributed by atoms with Gasteiger partial charge in [-0.1, -0.05) is 44.7 Å². The number of nitrogens with zero attached hydrogens (tertiary/aromatic N) is 1. The van der Waals surface area contributed by atoms with Crippen molar-refractivity contribution in [2.45, 2.75) is 33.7 Å². The van der Waals surface area contributed by atoms with E-state index in [0.29, 0.717) is 6.54 Å². The zero-order valence-electron chi connectivity index (χ0n) is 12.7. The second kappa shape index (κ2) is 7.12. The fourth-order valence-electron chi connectivity index (χ4n) is 1.85. The fraction of sp³-hybridized carbons (Fsp3) is 0.471. The molecule has 0 saturated heterocycles. The summed E-state index contributed by atoms with van der Waals surface area (Å²) in [5, 5.41) is 8.64. The number of benzene rings is 1. The largest absolute Gasteiger partial charge is 0.384 e. The summed E-state index contributed by atoms with van der Waals surface area (Å²) in [7, 11) is 1.83. The van der Waals surface area contributed by atoms with Gasteiger partial charge in [0.1, 0.15) is 6.61 Å². The molecule has 0 saturated carbocycles. The van der Waals surface area contributed by atoms with Crippen molar-refractivity contribution in [1.82, 2.24) is 4.90 Å². The lowest BCUT2D eigenvalue weighted by Crippen LogP contribution is -2.37. The van der Waals surface area contributed by atoms with Gasteiger partial charge in [-0.05, 0) is 24.1 Å². The average Bonchev–Trinajstić information content (AvgIpc) is 2.45. The molecule has 1 aromatic carbocycles. The van der Waals surface area contributed by atoms with Gasteiger partial charge in [-0.3, -0.25) is 4.79 Å². The van der Waals surface area contributed by atoms with Crippen LogP contribution in [0.2, 0.25) is 0 Å². The number of hydrogen-bond donors (Lipinski definition) is 1. The molecule has 0 atom stereocenters. The molecule has 1 aromatic rings. The Labute approximate surface area is 121 Å². The van der Waals surface area contributed by atoms with Crippen molar-refractivity contribution in [2.24, 2.45) is 5.41 Å². The van der Waals surface area contributed by atoms with E-state index in [1.165, 1.54) is 0 Å². The molecule has 20 heavy (non-hydrogen) atoms. The molecule has 1 rings (SSSR count). The average molecular weight is 273 g/mol. The highest BCUT2D eigenvalue weighted by Gasteiger charge is 2.28. The lowest BCUT2D eigenvalue weighted by atomic mass is 9.88. The first-order valence-electron chi connectivity index (χ1n) is 6.85. The van der Waals surface area contributed by atoms with Crippen LogP contribution in [0.15, 0.2) is 24.3 Å². The molecule has 0 bridgehead atoms. The number of carbonyl (C=O) groups is 1. The third-order valence-corrected chi connectivity index (χ3v) is 3.50. The fourth-order valence-corrected chi connectivity index (χ4v) is 1.85. The molecule has 0 unspecified atom stereocenters. The zero-order valence-corrected chi connectivity index (χ0v) is 12.7. The molecule has 108 valence electrons. The van der Waals surface area contributed by atoms with Crippen LogP contribution in [-0.4, -0.2) is 29.6 Å². The number of aliphatic hydroxyl groups is 1. The lowest BCUT2D eigenvalue weighted by molar-refractivity contribution is -0.139. The third-order valence-electron chi connectivity index (χ3n) is 3.50. The summed E-state index contributed by atoms with van der Waals surface area (Å²) in [5.74, 6) is 5.62. The predicted molar refractivity (Wildman–Crippen MR) is 81.0 cm³/mol. The summed E-state index contributed by atoms with van der Waals surface area (Å²) in [6.45, 7) is 6.43. The third kappa shape index (κ3) is 4.40. The first-order valence-corrected chi connectivity index (χ1v) is 6.85. The maximum atomic E-state index is 12.3. The van der Waals surface area contributed by atoms with E-state index in [-0.39, 0.29) is 17.9 Å². The van der Waals surface area contributed by atoms with Gasteiger partial charge in [-0.25, -0.2) is 0 Å². The molecule has 0 spiro atoms. The normalized spacial score (nSPS) is 10.7. The van der Waals surface area contributed by atoms with Gasteiger partial charge >= 0.3 is 0 Å². The van der Waals surface area contributed by atoms with Crippen LogP contribution in [0.1, 0.15) is 38.3 Å². The van der Waals surface area contributed by atoms with Gasteiger partial charge < -0.3 is 10.0 Å². The molecule has 0 aliphatic rings. The second-order valence-corrected chi connectivity index (χ2v) is 5.56. The van der Waals surface area contributed by atoms with Gasteiger partial charge in [-0.15, -0.1) is 0 Å². The summed E-state index contributed by atoms with van der Waals surface area (Å²) in [5.41, 5.74) is 1.62. The smallest absolute Gasteiger partial charge is 0.228 e. The van der Waals surface area contributed by atoms with Crippen LogP contribution in [0.25, 0.3) is 0 Å². The molecule has 0 radical (unpaired) electrons. The van der Waals surface area contributed by atoms with E-state index >= 15 is 0 Å². The molecule has 1 amide bonds. The van der Waals surface area contributed by atoms with Gasteiger partial charge in [0.15, 0.2) is 0 Å². The minimum absolute atomic E-state index is 0.134. The minimum atomic E-state index is -0.318. The van der Waals surface area contributed by atoms with Crippen LogP contribution in [-0.2, 0) is 11.3 Å². The number of carbonyl (C=O) groups excluding carboxylic acids is 1. The predicted octanol–water partition coefficient (Wildman–Crippen LogP) is 2.43. The van der Waals surface area contributed by atoms with Gasteiger partial charge in [0.05, 0.1) is 0 Å². The Balaban J connectivity index is 2.71. The molecule has 0 heterocycles. The molecule has 3 nitrogen and oxygen atoms in total. The quantitative estimate of drug-likeness (QED) is 0.856. The molecule has 0 aromatic heterocycles. The molecular formula is C17H23NO2. The van der Waals surface area contributed by atoms with Gasteiger partial charge in [0, 0.05) is 24.6 Å². The number of amides is 1. The van der Waals surface area contributed by atoms with Crippen molar-refractivity contribution in [3.05, 3.63) is 35.4 Å². The van der Waals surface area contributed by atoms with Crippen LogP contribution < -0.4 is 0 Å². The summed E-state index contributed by atoms with van der Waals surface area (Å²) >= 11 is 0. The highest BCUT2D eigenvalue weighted by Crippen LogP contribution is 2.23. The SMILES string of the molecule is CCC(C)(C)C(=O)N(C)Cc1ccc(C#CCO)cc1. The number of aliphatic hydroxyl groups excluding tert-OH is 1. The van der Waals surface area contributed by atoms with E-state index in [4.69, 9.17) is 5.11 Å². The second-order valence-electron chi connectivity index (χ2n) is 5.56. The van der Waals surface area contributed by atoms with Crippen LogP contribution in [0.3, 0.4) is 0 Å². The molecule has 3 heteroatoms. The van der Waals surface area contributed by atoms with Crippen molar-refractivity contribution >= 4 is 5.91 Å². The zero-order chi connectivity index (χ0) is 15.2. The topological polar surface area (TPSA) is 40.5 Å². The van der Waals surface area contributed by atoms with Gasteiger partial charge in [0.2, 0.25) is 5.91 Å². The van der Waals surface area contributed by atoms with Crippen molar-refractivity contribution in [1.29, 1.82) is 0 Å². The highest BCUT2D eigenvalue weighted by molar-refractivity contribution is 5.81. The molecule has 0 aliphatic heterocycles. The Morgan fingerprint density at radius 3 is 2.40 bits per heavy atom. The van der Waals surface area contributed by atoms with Crippen LogP contribution in [0.4, 0.5) is 0 Å².